The van der Waals surface area contributed by atoms with Crippen LogP contribution in [0.3, 0.4) is 0 Å². The molecule has 1 aliphatic heterocycles. The first-order valence-corrected chi connectivity index (χ1v) is 14.9. The average Bonchev–Trinajstić information content (AvgIpc) is 2.93. The molecule has 2 aromatic carbocycles. The quantitative estimate of drug-likeness (QED) is 0.307. The van der Waals surface area contributed by atoms with Crippen molar-refractivity contribution < 1.29 is 19.0 Å². The fourth-order valence-corrected chi connectivity index (χ4v) is 5.29. The molecule has 2 aliphatic rings. The average molecular weight is 566 g/mol. The van der Waals surface area contributed by atoms with E-state index in [0.29, 0.717) is 23.1 Å². The van der Waals surface area contributed by atoms with Crippen LogP contribution in [-0.2, 0) is 16.6 Å². The van der Waals surface area contributed by atoms with E-state index in [-0.39, 0.29) is 12.1 Å². The Morgan fingerprint density at radius 3 is 2.33 bits per heavy atom. The maximum absolute atomic E-state index is 12.8. The minimum atomic E-state index is -3.76. The van der Waals surface area contributed by atoms with Crippen molar-refractivity contribution in [2.24, 2.45) is 0 Å². The summed E-state index contributed by atoms with van der Waals surface area (Å²) >= 11 is 0. The summed E-state index contributed by atoms with van der Waals surface area (Å²) in [5.41, 5.74) is 2.24. The lowest BCUT2D eigenvalue weighted by atomic mass is 10.0. The van der Waals surface area contributed by atoms with Crippen molar-refractivity contribution in [2.75, 3.05) is 30.9 Å². The number of nitrogens with zero attached hydrogens (tertiary/aromatic N) is 3. The highest BCUT2D eigenvalue weighted by Crippen LogP contribution is 2.23. The van der Waals surface area contributed by atoms with Crippen LogP contribution < -0.4 is 10.0 Å². The number of anilines is 1. The van der Waals surface area contributed by atoms with Gasteiger partial charge in [-0.05, 0) is 48.0 Å². The van der Waals surface area contributed by atoms with Crippen LogP contribution in [0.25, 0.3) is 10.9 Å². The number of nitrogens with one attached hydrogen (secondary N) is 2. The van der Waals surface area contributed by atoms with Gasteiger partial charge in [-0.15, -0.1) is 0 Å². The van der Waals surface area contributed by atoms with Crippen molar-refractivity contribution in [1.29, 1.82) is 0 Å². The molecule has 0 amide bonds. The number of piperazine rings is 1. The molecule has 0 atom stereocenters. The van der Waals surface area contributed by atoms with Gasteiger partial charge in [-0.25, -0.2) is 12.8 Å². The molecular weight excluding hydrogens is 529 g/mol. The van der Waals surface area contributed by atoms with Gasteiger partial charge < -0.3 is 5.32 Å². The van der Waals surface area contributed by atoms with Crippen LogP contribution in [0.4, 0.5) is 10.1 Å². The second-order valence-corrected chi connectivity index (χ2v) is 11.3. The molecule has 1 saturated carbocycles. The molecule has 212 valence electrons. The highest BCUT2D eigenvalue weighted by atomic mass is 32.2. The fourth-order valence-electron chi connectivity index (χ4n) is 4.05. The summed E-state index contributed by atoms with van der Waals surface area (Å²) in [5.74, 6) is -0.252. The summed E-state index contributed by atoms with van der Waals surface area (Å²) in [6.07, 6.45) is 11.2. The van der Waals surface area contributed by atoms with Gasteiger partial charge in [-0.1, -0.05) is 43.9 Å². The number of aromatic nitrogens is 2. The van der Waals surface area contributed by atoms with Crippen LogP contribution in [0.15, 0.2) is 84.1 Å². The van der Waals surface area contributed by atoms with Gasteiger partial charge in [0.1, 0.15) is 17.0 Å². The van der Waals surface area contributed by atoms with Gasteiger partial charge in [-0.2, -0.15) is 0 Å². The summed E-state index contributed by atoms with van der Waals surface area (Å²) in [5, 5.41) is 4.03. The fraction of sp³-hybridized carbons (Fsp3) is 0.300. The van der Waals surface area contributed by atoms with Crippen molar-refractivity contribution in [3.8, 4) is 0 Å². The van der Waals surface area contributed by atoms with Gasteiger partial charge in [-0.3, -0.25) is 24.4 Å². The van der Waals surface area contributed by atoms with E-state index in [0.717, 1.165) is 43.7 Å². The number of aldehydes is 1. The van der Waals surface area contributed by atoms with Crippen molar-refractivity contribution >= 4 is 32.9 Å². The minimum absolute atomic E-state index is 0. The zero-order chi connectivity index (χ0) is 28.2. The molecule has 0 bridgehead atoms. The number of halogens is 1. The van der Waals surface area contributed by atoms with Gasteiger partial charge in [0.2, 0.25) is 0 Å². The molecule has 10 heteroatoms. The Balaban J connectivity index is 0.000000207. The molecule has 2 N–H and O–H groups in total. The lowest BCUT2D eigenvalue weighted by Gasteiger charge is -2.26. The first-order valence-electron chi connectivity index (χ1n) is 13.4. The number of hydrogen-bond acceptors (Lipinski definition) is 7. The van der Waals surface area contributed by atoms with E-state index in [2.05, 4.69) is 24.9 Å². The summed E-state index contributed by atoms with van der Waals surface area (Å²) < 4.78 is 40.4. The lowest BCUT2D eigenvalue weighted by molar-refractivity contribution is 0.112. The van der Waals surface area contributed by atoms with Crippen molar-refractivity contribution in [2.45, 2.75) is 37.1 Å². The number of hydrogen-bond donors (Lipinski definition) is 2. The first kappa shape index (κ1) is 29.3. The summed E-state index contributed by atoms with van der Waals surface area (Å²) in [6.45, 7) is 4.88. The molecular formula is C30H36FN5O3S. The third kappa shape index (κ3) is 8.64. The van der Waals surface area contributed by atoms with E-state index in [9.17, 15) is 17.6 Å². The van der Waals surface area contributed by atoms with E-state index in [4.69, 9.17) is 0 Å². The maximum Gasteiger partial charge on any atom is 0.264 e. The van der Waals surface area contributed by atoms with Gasteiger partial charge in [0.25, 0.3) is 10.0 Å². The third-order valence-electron chi connectivity index (χ3n) is 6.56. The highest BCUT2D eigenvalue weighted by Gasteiger charge is 2.18. The second kappa shape index (κ2) is 14.6. The Bertz CT molecular complexity index is 1490. The topological polar surface area (TPSA) is 104 Å². The zero-order valence-corrected chi connectivity index (χ0v) is 23.1. The largest absolute Gasteiger partial charge is 0.314 e. The molecule has 0 radical (unpaired) electrons. The summed E-state index contributed by atoms with van der Waals surface area (Å²) in [6, 6.07) is 16.3. The molecule has 4 aromatic rings. The number of fused-ring (bicyclic) bond motifs is 1. The number of para-hydroxylation sites is 1. The first-order chi connectivity index (χ1) is 19.4. The third-order valence-corrected chi connectivity index (χ3v) is 7.97. The number of benzene rings is 2. The number of pyridine rings is 2. The monoisotopic (exact) mass is 565 g/mol. The van der Waals surface area contributed by atoms with E-state index >= 15 is 0 Å². The number of carbonyl (C=O) groups is 1. The predicted molar refractivity (Wildman–Crippen MR) is 157 cm³/mol. The Kier molecular flexibility index (Phi) is 10.7. The molecule has 2 aromatic heterocycles. The Morgan fingerprint density at radius 1 is 0.975 bits per heavy atom. The van der Waals surface area contributed by atoms with E-state index in [1.54, 1.807) is 67.0 Å². The lowest BCUT2D eigenvalue weighted by Crippen LogP contribution is -2.42. The van der Waals surface area contributed by atoms with E-state index in [1.165, 1.54) is 37.9 Å². The van der Waals surface area contributed by atoms with Gasteiger partial charge in [0, 0.05) is 63.2 Å². The molecule has 0 unspecified atom stereocenters. The van der Waals surface area contributed by atoms with Crippen LogP contribution in [-0.4, -0.2) is 55.8 Å². The van der Waals surface area contributed by atoms with Crippen molar-refractivity contribution in [3.05, 3.63) is 96.2 Å². The normalized spacial score (nSPS) is 15.0. The highest BCUT2D eigenvalue weighted by molar-refractivity contribution is 7.93. The summed E-state index contributed by atoms with van der Waals surface area (Å²) in [4.78, 5) is 21.0. The van der Waals surface area contributed by atoms with Crippen LogP contribution in [0.1, 0.15) is 43.0 Å². The standard InChI is InChI=1S/C16H12N2O3S.C10H14FN3.C4H8.H2/c19-11-12-6-8-14(9-7-12)18-22(20,21)15-5-1-3-13-4-2-10-17-16(13)15;11-10-5-9(6-13-7-10)8-14-3-1-12-2-4-14;1-2-4-3-1;/h1-11,18H;5-7,12H,1-4,8H2;1-4H2;1H. The maximum atomic E-state index is 12.8. The molecule has 8 nitrogen and oxygen atoms in total. The Labute approximate surface area is 236 Å². The molecule has 0 spiro atoms. The molecule has 6 rings (SSSR count). The second-order valence-electron chi connectivity index (χ2n) is 9.63. The van der Waals surface area contributed by atoms with Gasteiger partial charge in [0.15, 0.2) is 0 Å². The van der Waals surface area contributed by atoms with Gasteiger partial charge in [0.05, 0.1) is 11.7 Å². The van der Waals surface area contributed by atoms with Crippen LogP contribution in [0.2, 0.25) is 0 Å². The SMILES string of the molecule is C1CCC1.Fc1cncc(CN2CCNCC2)c1.O=Cc1ccc(NS(=O)(=O)c2cccc3cccnc23)cc1.[HH]. The Morgan fingerprint density at radius 2 is 1.68 bits per heavy atom. The van der Waals surface area contributed by atoms with Crippen molar-refractivity contribution in [1.82, 2.24) is 20.2 Å². The smallest absolute Gasteiger partial charge is 0.264 e. The van der Waals surface area contributed by atoms with Crippen molar-refractivity contribution in [3.63, 3.8) is 0 Å². The van der Waals surface area contributed by atoms with Crippen LogP contribution in [0.5, 0.6) is 0 Å². The van der Waals surface area contributed by atoms with Crippen LogP contribution in [0, 0.1) is 5.82 Å². The number of rotatable bonds is 6. The van der Waals surface area contributed by atoms with E-state index < -0.39 is 10.0 Å². The van der Waals surface area contributed by atoms with E-state index in [1.807, 2.05) is 0 Å². The zero-order valence-electron chi connectivity index (χ0n) is 22.3. The number of sulfonamides is 1. The molecule has 3 heterocycles. The van der Waals surface area contributed by atoms with Gasteiger partial charge >= 0.3 is 0 Å². The predicted octanol–water partition coefficient (Wildman–Crippen LogP) is 5.28. The molecule has 40 heavy (non-hydrogen) atoms. The van der Waals surface area contributed by atoms with Crippen LogP contribution >= 0.6 is 0 Å². The molecule has 1 aliphatic carbocycles. The Hall–Kier alpha value is -3.73. The summed E-state index contributed by atoms with van der Waals surface area (Å²) in [7, 11) is -3.76. The molecule has 1 saturated heterocycles. The number of carbonyl (C=O) groups excluding carboxylic acids is 1. The minimum Gasteiger partial charge on any atom is -0.314 e. The molecule has 2 fully saturated rings.